The number of carbonyl (C=O) groups is 1. The molecule has 3 N–H and O–H groups in total. The molecule has 0 saturated heterocycles. The van der Waals surface area contributed by atoms with Gasteiger partial charge in [-0.3, -0.25) is 19.3 Å². The standard InChI is InChI=1S/C20H17N7O4/c1-27-10-12(7-24-27)16-6-13(4-5-21-16)31-14-2-3-17(22-8-14)25-19(29)15-9-23-18(11-28)26-20(15)30/h2-10,28H,11H2,1H3,(H,22,25,29)(H,23,26,30). The normalized spacial score (nSPS) is 10.6. The van der Waals surface area contributed by atoms with E-state index >= 15 is 0 Å². The quantitative estimate of drug-likeness (QED) is 0.426. The van der Waals surface area contributed by atoms with Crippen LogP contribution < -0.4 is 15.6 Å². The van der Waals surface area contributed by atoms with Crippen molar-refractivity contribution in [1.29, 1.82) is 0 Å². The van der Waals surface area contributed by atoms with Crippen LogP contribution in [0.1, 0.15) is 16.2 Å². The monoisotopic (exact) mass is 419 g/mol. The molecule has 4 aromatic rings. The van der Waals surface area contributed by atoms with E-state index in [0.717, 1.165) is 11.8 Å². The van der Waals surface area contributed by atoms with Gasteiger partial charge in [-0.25, -0.2) is 9.97 Å². The number of ether oxygens (including phenoxy) is 1. The molecule has 0 saturated carbocycles. The number of anilines is 1. The van der Waals surface area contributed by atoms with Gasteiger partial charge in [0.2, 0.25) is 0 Å². The van der Waals surface area contributed by atoms with Crippen LogP contribution in [-0.2, 0) is 13.7 Å². The number of aryl methyl sites for hydroxylation is 1. The van der Waals surface area contributed by atoms with E-state index in [0.29, 0.717) is 17.2 Å². The highest BCUT2D eigenvalue weighted by Gasteiger charge is 2.13. The third-order valence-electron chi connectivity index (χ3n) is 4.19. The van der Waals surface area contributed by atoms with Crippen LogP contribution in [0, 0.1) is 0 Å². The lowest BCUT2D eigenvalue weighted by Gasteiger charge is -2.08. The summed E-state index contributed by atoms with van der Waals surface area (Å²) < 4.78 is 7.49. The number of nitrogens with zero attached hydrogens (tertiary/aromatic N) is 5. The molecule has 156 valence electrons. The number of nitrogens with one attached hydrogen (secondary N) is 2. The zero-order chi connectivity index (χ0) is 21.8. The summed E-state index contributed by atoms with van der Waals surface area (Å²) in [5.41, 5.74) is 0.728. The average Bonchev–Trinajstić information content (AvgIpc) is 3.21. The molecule has 0 unspecified atom stereocenters. The Morgan fingerprint density at radius 3 is 2.71 bits per heavy atom. The zero-order valence-electron chi connectivity index (χ0n) is 16.3. The van der Waals surface area contributed by atoms with Crippen molar-refractivity contribution in [3.05, 3.63) is 77.0 Å². The molecule has 0 aromatic carbocycles. The second kappa shape index (κ2) is 8.55. The molecular formula is C20H17N7O4. The molecule has 0 bridgehead atoms. The fourth-order valence-electron chi connectivity index (χ4n) is 2.69. The molecule has 0 fully saturated rings. The summed E-state index contributed by atoms with van der Waals surface area (Å²) in [5.74, 6) is 0.648. The smallest absolute Gasteiger partial charge is 0.264 e. The second-order valence-electron chi connectivity index (χ2n) is 6.45. The van der Waals surface area contributed by atoms with Gasteiger partial charge in [0.1, 0.15) is 35.3 Å². The highest BCUT2D eigenvalue weighted by atomic mass is 16.5. The number of aromatic amines is 1. The number of hydrogen-bond acceptors (Lipinski definition) is 8. The third-order valence-corrected chi connectivity index (χ3v) is 4.19. The number of rotatable bonds is 6. The Kier molecular flexibility index (Phi) is 5.49. The Morgan fingerprint density at radius 2 is 2.03 bits per heavy atom. The van der Waals surface area contributed by atoms with E-state index in [4.69, 9.17) is 9.84 Å². The minimum Gasteiger partial charge on any atom is -0.456 e. The molecule has 4 rings (SSSR count). The fraction of sp³-hybridized carbons (Fsp3) is 0.100. The molecule has 0 aliphatic carbocycles. The van der Waals surface area contributed by atoms with Crippen molar-refractivity contribution in [3.8, 4) is 22.8 Å². The average molecular weight is 419 g/mol. The number of pyridine rings is 2. The van der Waals surface area contributed by atoms with Gasteiger partial charge in [0, 0.05) is 37.3 Å². The van der Waals surface area contributed by atoms with E-state index < -0.39 is 18.1 Å². The van der Waals surface area contributed by atoms with Gasteiger partial charge in [-0.15, -0.1) is 0 Å². The van der Waals surface area contributed by atoms with Crippen molar-refractivity contribution in [1.82, 2.24) is 29.7 Å². The van der Waals surface area contributed by atoms with E-state index in [1.807, 2.05) is 13.2 Å². The molecule has 1 amide bonds. The number of hydrogen-bond donors (Lipinski definition) is 3. The maximum atomic E-state index is 12.3. The number of H-pyrrole nitrogens is 1. The van der Waals surface area contributed by atoms with E-state index in [9.17, 15) is 9.59 Å². The van der Waals surface area contributed by atoms with Crippen LogP contribution in [-0.4, -0.2) is 40.7 Å². The van der Waals surface area contributed by atoms with Gasteiger partial charge in [0.15, 0.2) is 0 Å². The molecule has 31 heavy (non-hydrogen) atoms. The highest BCUT2D eigenvalue weighted by molar-refractivity contribution is 6.03. The molecule has 0 aliphatic rings. The van der Waals surface area contributed by atoms with Gasteiger partial charge in [0.05, 0.1) is 18.1 Å². The molecule has 0 atom stereocenters. The number of amides is 1. The molecule has 4 heterocycles. The van der Waals surface area contributed by atoms with Crippen molar-refractivity contribution < 1.29 is 14.6 Å². The maximum absolute atomic E-state index is 12.3. The van der Waals surface area contributed by atoms with Gasteiger partial charge < -0.3 is 20.1 Å². The van der Waals surface area contributed by atoms with E-state index in [1.54, 1.807) is 41.3 Å². The Hall–Kier alpha value is -4.38. The minimum atomic E-state index is -0.672. The van der Waals surface area contributed by atoms with Crippen LogP contribution in [0.15, 0.2) is 60.0 Å². The Balaban J connectivity index is 1.44. The zero-order valence-corrected chi connectivity index (χ0v) is 16.3. The van der Waals surface area contributed by atoms with Crippen LogP contribution >= 0.6 is 0 Å². The molecule has 0 radical (unpaired) electrons. The van der Waals surface area contributed by atoms with Crippen molar-refractivity contribution in [2.45, 2.75) is 6.61 Å². The van der Waals surface area contributed by atoms with Crippen molar-refractivity contribution >= 4 is 11.7 Å². The lowest BCUT2D eigenvalue weighted by Crippen LogP contribution is -2.25. The van der Waals surface area contributed by atoms with E-state index in [1.165, 1.54) is 6.20 Å². The third kappa shape index (κ3) is 4.62. The summed E-state index contributed by atoms with van der Waals surface area (Å²) in [4.78, 5) is 38.7. The predicted octanol–water partition coefficient (Wildman–Crippen LogP) is 1.50. The second-order valence-corrected chi connectivity index (χ2v) is 6.45. The lowest BCUT2D eigenvalue weighted by molar-refractivity contribution is 0.102. The van der Waals surface area contributed by atoms with Crippen LogP contribution in [0.2, 0.25) is 0 Å². The Bertz CT molecular complexity index is 1280. The molecule has 4 aromatic heterocycles. The largest absolute Gasteiger partial charge is 0.456 e. The van der Waals surface area contributed by atoms with E-state index in [2.05, 4.69) is 30.4 Å². The summed E-state index contributed by atoms with van der Waals surface area (Å²) in [6, 6.07) is 6.66. The Morgan fingerprint density at radius 1 is 1.16 bits per heavy atom. The van der Waals surface area contributed by atoms with Crippen molar-refractivity contribution in [2.24, 2.45) is 7.05 Å². The first-order chi connectivity index (χ1) is 15.0. The van der Waals surface area contributed by atoms with Crippen LogP contribution in [0.4, 0.5) is 5.82 Å². The first kappa shape index (κ1) is 19.9. The summed E-state index contributed by atoms with van der Waals surface area (Å²) in [5, 5.41) is 15.6. The van der Waals surface area contributed by atoms with Crippen molar-refractivity contribution in [2.75, 3.05) is 5.32 Å². The number of aliphatic hydroxyl groups excluding tert-OH is 1. The van der Waals surface area contributed by atoms with Crippen LogP contribution in [0.3, 0.4) is 0 Å². The molecular weight excluding hydrogens is 402 g/mol. The van der Waals surface area contributed by atoms with Gasteiger partial charge in [-0.05, 0) is 18.2 Å². The van der Waals surface area contributed by atoms with Gasteiger partial charge in [0.25, 0.3) is 11.5 Å². The summed E-state index contributed by atoms with van der Waals surface area (Å²) in [6.45, 7) is -0.429. The molecule has 0 aliphatic heterocycles. The SMILES string of the molecule is Cn1cc(-c2cc(Oc3ccc(NC(=O)c4cnc(CO)[nH]c4=O)nc3)ccn2)cn1. The number of aliphatic hydroxyl groups is 1. The van der Waals surface area contributed by atoms with Gasteiger partial charge >= 0.3 is 0 Å². The van der Waals surface area contributed by atoms with Gasteiger partial charge in [-0.2, -0.15) is 5.10 Å². The Labute approximate surface area is 175 Å². The van der Waals surface area contributed by atoms with Crippen LogP contribution in [0.25, 0.3) is 11.3 Å². The summed E-state index contributed by atoms with van der Waals surface area (Å²) >= 11 is 0. The molecule has 0 spiro atoms. The van der Waals surface area contributed by atoms with Crippen LogP contribution in [0.5, 0.6) is 11.5 Å². The van der Waals surface area contributed by atoms with E-state index in [-0.39, 0.29) is 17.2 Å². The first-order valence-electron chi connectivity index (χ1n) is 9.11. The highest BCUT2D eigenvalue weighted by Crippen LogP contribution is 2.25. The minimum absolute atomic E-state index is 0.0731. The predicted molar refractivity (Wildman–Crippen MR) is 109 cm³/mol. The molecule has 11 heteroatoms. The lowest BCUT2D eigenvalue weighted by atomic mass is 10.2. The topological polar surface area (TPSA) is 148 Å². The maximum Gasteiger partial charge on any atom is 0.264 e. The number of carbonyl (C=O) groups excluding carboxylic acids is 1. The molecule has 11 nitrogen and oxygen atoms in total. The van der Waals surface area contributed by atoms with Crippen molar-refractivity contribution in [3.63, 3.8) is 0 Å². The first-order valence-corrected chi connectivity index (χ1v) is 9.11. The summed E-state index contributed by atoms with van der Waals surface area (Å²) in [7, 11) is 1.83. The number of aromatic nitrogens is 6. The fourth-order valence-corrected chi connectivity index (χ4v) is 2.69. The van der Waals surface area contributed by atoms with Gasteiger partial charge in [-0.1, -0.05) is 0 Å². The summed E-state index contributed by atoms with van der Waals surface area (Å²) in [6.07, 6.45) is 7.73.